The summed E-state index contributed by atoms with van der Waals surface area (Å²) in [5, 5.41) is 14.3. The SMILES string of the molecule is Cc1c(/C=N\OCc2ccccc2C#N)c2ccccc2n1Cc1ccccc1F. The molecule has 0 aliphatic rings. The van der Waals surface area contributed by atoms with Crippen molar-refractivity contribution in [3.8, 4) is 6.07 Å². The van der Waals surface area contributed by atoms with Crippen LogP contribution in [0.4, 0.5) is 4.39 Å². The van der Waals surface area contributed by atoms with E-state index in [0.717, 1.165) is 27.7 Å². The third-order valence-corrected chi connectivity index (χ3v) is 5.18. The number of aromatic nitrogens is 1. The number of halogens is 1. The Bertz CT molecular complexity index is 1270. The topological polar surface area (TPSA) is 50.3 Å². The van der Waals surface area contributed by atoms with Crippen LogP contribution in [0.3, 0.4) is 0 Å². The Morgan fingerprint density at radius 2 is 1.70 bits per heavy atom. The number of hydrogen-bond acceptors (Lipinski definition) is 3. The molecule has 5 heteroatoms. The molecule has 1 heterocycles. The van der Waals surface area contributed by atoms with Gasteiger partial charge in [0.2, 0.25) is 0 Å². The van der Waals surface area contributed by atoms with Crippen LogP contribution in [0, 0.1) is 24.1 Å². The molecule has 0 fully saturated rings. The zero-order valence-corrected chi connectivity index (χ0v) is 16.5. The second-order valence-corrected chi connectivity index (χ2v) is 6.97. The molecule has 0 saturated heterocycles. The van der Waals surface area contributed by atoms with E-state index in [1.807, 2.05) is 55.5 Å². The molecule has 0 radical (unpaired) electrons. The molecule has 30 heavy (non-hydrogen) atoms. The minimum atomic E-state index is -0.218. The lowest BCUT2D eigenvalue weighted by Gasteiger charge is -2.09. The second-order valence-electron chi connectivity index (χ2n) is 6.97. The number of rotatable bonds is 6. The zero-order chi connectivity index (χ0) is 20.9. The van der Waals surface area contributed by atoms with Crippen LogP contribution in [-0.2, 0) is 18.0 Å². The van der Waals surface area contributed by atoms with Crippen molar-refractivity contribution in [1.29, 1.82) is 5.26 Å². The molecule has 0 N–H and O–H groups in total. The van der Waals surface area contributed by atoms with E-state index in [2.05, 4.69) is 15.8 Å². The molecular formula is C25H20FN3O. The Morgan fingerprint density at radius 1 is 1.00 bits per heavy atom. The average molecular weight is 397 g/mol. The monoisotopic (exact) mass is 397 g/mol. The normalized spacial score (nSPS) is 11.1. The second kappa shape index (κ2) is 8.62. The van der Waals surface area contributed by atoms with Gasteiger partial charge in [0.15, 0.2) is 0 Å². The van der Waals surface area contributed by atoms with Crippen LogP contribution >= 0.6 is 0 Å². The molecule has 0 atom stereocenters. The lowest BCUT2D eigenvalue weighted by atomic mass is 10.1. The Hall–Kier alpha value is -3.91. The van der Waals surface area contributed by atoms with Gasteiger partial charge in [0, 0.05) is 33.3 Å². The highest BCUT2D eigenvalue weighted by molar-refractivity contribution is 6.01. The van der Waals surface area contributed by atoms with Crippen LogP contribution in [0.5, 0.6) is 0 Å². The summed E-state index contributed by atoms with van der Waals surface area (Å²) < 4.78 is 16.3. The van der Waals surface area contributed by atoms with Gasteiger partial charge in [0.05, 0.1) is 24.4 Å². The van der Waals surface area contributed by atoms with Gasteiger partial charge in [-0.25, -0.2) is 4.39 Å². The average Bonchev–Trinajstić information content (AvgIpc) is 3.04. The first-order chi connectivity index (χ1) is 14.7. The predicted octanol–water partition coefficient (Wildman–Crippen LogP) is 5.56. The molecule has 1 aromatic heterocycles. The van der Waals surface area contributed by atoms with Gasteiger partial charge >= 0.3 is 0 Å². The van der Waals surface area contributed by atoms with Crippen molar-refractivity contribution < 1.29 is 9.23 Å². The summed E-state index contributed by atoms with van der Waals surface area (Å²) in [4.78, 5) is 5.47. The van der Waals surface area contributed by atoms with Gasteiger partial charge in [0.25, 0.3) is 0 Å². The lowest BCUT2D eigenvalue weighted by molar-refractivity contribution is 0.132. The summed E-state index contributed by atoms with van der Waals surface area (Å²) in [5.74, 6) is -0.218. The predicted molar refractivity (Wildman–Crippen MR) is 116 cm³/mol. The number of para-hydroxylation sites is 1. The summed E-state index contributed by atoms with van der Waals surface area (Å²) in [6.07, 6.45) is 1.69. The minimum Gasteiger partial charge on any atom is -0.391 e. The van der Waals surface area contributed by atoms with E-state index in [1.54, 1.807) is 24.4 Å². The summed E-state index contributed by atoms with van der Waals surface area (Å²) >= 11 is 0. The molecule has 4 rings (SSSR count). The fourth-order valence-electron chi connectivity index (χ4n) is 3.57. The largest absolute Gasteiger partial charge is 0.391 e. The van der Waals surface area contributed by atoms with Crippen molar-refractivity contribution in [2.24, 2.45) is 5.16 Å². The highest BCUT2D eigenvalue weighted by atomic mass is 19.1. The summed E-state index contributed by atoms with van der Waals surface area (Å²) in [6, 6.07) is 24.2. The van der Waals surface area contributed by atoms with Crippen LogP contribution in [0.1, 0.15) is 27.9 Å². The van der Waals surface area contributed by atoms with Gasteiger partial charge in [-0.1, -0.05) is 59.8 Å². The summed E-state index contributed by atoms with van der Waals surface area (Å²) in [6.45, 7) is 2.64. The van der Waals surface area contributed by atoms with Crippen molar-refractivity contribution in [1.82, 2.24) is 4.57 Å². The van der Waals surface area contributed by atoms with Crippen molar-refractivity contribution in [3.05, 3.63) is 107 Å². The molecule has 148 valence electrons. The molecular weight excluding hydrogens is 377 g/mol. The van der Waals surface area contributed by atoms with E-state index in [1.165, 1.54) is 6.07 Å². The van der Waals surface area contributed by atoms with Gasteiger partial charge in [0.1, 0.15) is 12.4 Å². The van der Waals surface area contributed by atoms with Gasteiger partial charge < -0.3 is 9.40 Å². The van der Waals surface area contributed by atoms with Gasteiger partial charge in [-0.2, -0.15) is 5.26 Å². The van der Waals surface area contributed by atoms with E-state index < -0.39 is 0 Å². The number of nitriles is 1. The van der Waals surface area contributed by atoms with Crippen LogP contribution in [0.15, 0.2) is 78.0 Å². The molecule has 0 saturated carbocycles. The minimum absolute atomic E-state index is 0.215. The van der Waals surface area contributed by atoms with Crippen molar-refractivity contribution in [2.75, 3.05) is 0 Å². The van der Waals surface area contributed by atoms with E-state index >= 15 is 0 Å². The molecule has 4 aromatic rings. The molecule has 0 aliphatic heterocycles. The van der Waals surface area contributed by atoms with E-state index in [-0.39, 0.29) is 12.4 Å². The highest BCUT2D eigenvalue weighted by Gasteiger charge is 2.14. The number of fused-ring (bicyclic) bond motifs is 1. The number of oxime groups is 1. The highest BCUT2D eigenvalue weighted by Crippen LogP contribution is 2.26. The van der Waals surface area contributed by atoms with Crippen LogP contribution in [-0.4, -0.2) is 10.8 Å². The Balaban J connectivity index is 1.62. The summed E-state index contributed by atoms with van der Waals surface area (Å²) in [5.41, 5.74) is 4.91. The van der Waals surface area contributed by atoms with Crippen LogP contribution < -0.4 is 0 Å². The van der Waals surface area contributed by atoms with Crippen molar-refractivity contribution >= 4 is 17.1 Å². The summed E-state index contributed by atoms with van der Waals surface area (Å²) in [7, 11) is 0. The van der Waals surface area contributed by atoms with Gasteiger partial charge in [-0.05, 0) is 25.1 Å². The Morgan fingerprint density at radius 3 is 2.50 bits per heavy atom. The van der Waals surface area contributed by atoms with Gasteiger partial charge in [-0.3, -0.25) is 0 Å². The number of nitrogens with zero attached hydrogens (tertiary/aromatic N) is 3. The molecule has 4 nitrogen and oxygen atoms in total. The van der Waals surface area contributed by atoms with E-state index in [0.29, 0.717) is 17.7 Å². The number of benzene rings is 3. The number of hydrogen-bond donors (Lipinski definition) is 0. The Kier molecular flexibility index (Phi) is 5.58. The quantitative estimate of drug-likeness (QED) is 0.316. The molecule has 3 aromatic carbocycles. The molecule has 0 aliphatic carbocycles. The van der Waals surface area contributed by atoms with Crippen molar-refractivity contribution in [2.45, 2.75) is 20.1 Å². The molecule has 0 amide bonds. The van der Waals surface area contributed by atoms with E-state index in [4.69, 9.17) is 4.84 Å². The first kappa shape index (κ1) is 19.4. The molecule has 0 unspecified atom stereocenters. The fourth-order valence-corrected chi connectivity index (χ4v) is 3.57. The third kappa shape index (κ3) is 3.81. The van der Waals surface area contributed by atoms with Crippen molar-refractivity contribution in [3.63, 3.8) is 0 Å². The fraction of sp³-hybridized carbons (Fsp3) is 0.120. The molecule has 0 bridgehead atoms. The lowest BCUT2D eigenvalue weighted by Crippen LogP contribution is -2.04. The maximum atomic E-state index is 14.2. The Labute approximate surface area is 174 Å². The first-order valence-corrected chi connectivity index (χ1v) is 9.63. The first-order valence-electron chi connectivity index (χ1n) is 9.63. The van der Waals surface area contributed by atoms with Crippen LogP contribution in [0.25, 0.3) is 10.9 Å². The third-order valence-electron chi connectivity index (χ3n) is 5.18. The maximum Gasteiger partial charge on any atom is 0.143 e. The standard InChI is InChI=1S/C25H20FN3O/c1-18-23(15-28-30-17-21-10-3-2-8-19(21)14-27)22-11-5-7-13-25(22)29(18)16-20-9-4-6-12-24(20)26/h2-13,15H,16-17H2,1H3/b28-15-. The van der Waals surface area contributed by atoms with Gasteiger partial charge in [-0.15, -0.1) is 0 Å². The van der Waals surface area contributed by atoms with Crippen LogP contribution in [0.2, 0.25) is 0 Å². The smallest absolute Gasteiger partial charge is 0.143 e. The molecule has 0 spiro atoms. The maximum absolute atomic E-state index is 14.2. The van der Waals surface area contributed by atoms with E-state index in [9.17, 15) is 9.65 Å². The zero-order valence-electron chi connectivity index (χ0n) is 16.5.